The third kappa shape index (κ3) is 3.63. The first-order chi connectivity index (χ1) is 10.4. The second-order valence-electron chi connectivity index (χ2n) is 5.63. The molecule has 1 atom stereocenters. The van der Waals surface area contributed by atoms with Crippen LogP contribution in [0.5, 0.6) is 0 Å². The largest absolute Gasteiger partial charge is 0.347 e. The molecule has 2 aromatic rings. The number of nitrogens with zero attached hydrogens (tertiary/aromatic N) is 2. The monoisotopic (exact) mass is 301 g/mol. The second kappa shape index (κ2) is 7.05. The highest BCUT2D eigenvalue weighted by molar-refractivity contribution is 7.15. The first kappa shape index (κ1) is 14.5. The maximum absolute atomic E-state index is 4.61. The Hall–Kier alpha value is -1.39. The van der Waals surface area contributed by atoms with Crippen molar-refractivity contribution in [1.29, 1.82) is 0 Å². The van der Waals surface area contributed by atoms with E-state index in [4.69, 9.17) is 0 Å². The van der Waals surface area contributed by atoms with Gasteiger partial charge in [-0.2, -0.15) is 0 Å². The lowest BCUT2D eigenvalue weighted by molar-refractivity contribution is 0.681. The zero-order valence-corrected chi connectivity index (χ0v) is 13.4. The van der Waals surface area contributed by atoms with Gasteiger partial charge in [-0.25, -0.2) is 4.98 Å². The summed E-state index contributed by atoms with van der Waals surface area (Å²) in [6, 6.07) is 10.9. The lowest BCUT2D eigenvalue weighted by Gasteiger charge is -2.15. The van der Waals surface area contributed by atoms with Crippen molar-refractivity contribution in [3.05, 3.63) is 47.0 Å². The van der Waals surface area contributed by atoms with E-state index in [1.807, 2.05) is 17.5 Å². The Morgan fingerprint density at radius 3 is 3.00 bits per heavy atom. The number of anilines is 1. The minimum atomic E-state index is 0.650. The van der Waals surface area contributed by atoms with Gasteiger partial charge in [0.15, 0.2) is 5.13 Å². The van der Waals surface area contributed by atoms with Gasteiger partial charge in [-0.3, -0.25) is 0 Å². The van der Waals surface area contributed by atoms with E-state index >= 15 is 0 Å². The third-order valence-electron chi connectivity index (χ3n) is 4.00. The van der Waals surface area contributed by atoms with Crippen LogP contribution in [-0.2, 0) is 6.54 Å². The molecule has 2 heterocycles. The summed E-state index contributed by atoms with van der Waals surface area (Å²) in [6.07, 6.45) is 4.43. The molecule has 0 bridgehead atoms. The molecule has 4 heteroatoms. The minimum Gasteiger partial charge on any atom is -0.347 e. The molecule has 1 unspecified atom stereocenters. The average Bonchev–Trinajstić information content (AvgIpc) is 3.17. The Bertz CT molecular complexity index is 552. The molecule has 0 spiro atoms. The summed E-state index contributed by atoms with van der Waals surface area (Å²) in [5.74, 6) is 0.650. The van der Waals surface area contributed by atoms with Gasteiger partial charge in [-0.15, -0.1) is 11.3 Å². The highest BCUT2D eigenvalue weighted by Gasteiger charge is 2.25. The lowest BCUT2D eigenvalue weighted by atomic mass is 9.99. The van der Waals surface area contributed by atoms with Crippen LogP contribution in [0.3, 0.4) is 0 Å². The van der Waals surface area contributed by atoms with Crippen LogP contribution in [0.25, 0.3) is 0 Å². The molecule has 1 aromatic heterocycles. The molecule has 1 fully saturated rings. The van der Waals surface area contributed by atoms with Crippen LogP contribution < -0.4 is 10.2 Å². The van der Waals surface area contributed by atoms with Gasteiger partial charge in [-0.05, 0) is 24.9 Å². The van der Waals surface area contributed by atoms with Crippen molar-refractivity contribution in [2.45, 2.75) is 32.2 Å². The van der Waals surface area contributed by atoms with Crippen LogP contribution in [0, 0.1) is 0 Å². The predicted molar refractivity (Wildman–Crippen MR) is 90.1 cm³/mol. The summed E-state index contributed by atoms with van der Waals surface area (Å²) < 4.78 is 0. The molecule has 0 radical (unpaired) electrons. The average molecular weight is 301 g/mol. The van der Waals surface area contributed by atoms with Gasteiger partial charge >= 0.3 is 0 Å². The Morgan fingerprint density at radius 1 is 1.33 bits per heavy atom. The molecule has 1 aliphatic rings. The summed E-state index contributed by atoms with van der Waals surface area (Å²) >= 11 is 1.83. The van der Waals surface area contributed by atoms with E-state index < -0.39 is 0 Å². The molecular formula is C17H23N3S. The fraction of sp³-hybridized carbons (Fsp3) is 0.471. The summed E-state index contributed by atoms with van der Waals surface area (Å²) in [7, 11) is 0. The molecule has 0 amide bonds. The molecule has 1 aromatic carbocycles. The Labute approximate surface area is 131 Å². The first-order valence-corrected chi connectivity index (χ1v) is 8.63. The minimum absolute atomic E-state index is 0.650. The molecule has 1 saturated heterocycles. The number of aromatic nitrogens is 1. The summed E-state index contributed by atoms with van der Waals surface area (Å²) in [6.45, 7) is 6.43. The lowest BCUT2D eigenvalue weighted by Crippen LogP contribution is -2.18. The number of hydrogen-bond acceptors (Lipinski definition) is 4. The molecule has 0 saturated carbocycles. The number of thiazole rings is 1. The van der Waals surface area contributed by atoms with E-state index in [2.05, 4.69) is 52.5 Å². The zero-order chi connectivity index (χ0) is 14.5. The van der Waals surface area contributed by atoms with Gasteiger partial charge in [0, 0.05) is 36.6 Å². The van der Waals surface area contributed by atoms with Gasteiger partial charge in [0.1, 0.15) is 0 Å². The van der Waals surface area contributed by atoms with Crippen LogP contribution in [0.15, 0.2) is 36.5 Å². The van der Waals surface area contributed by atoms with E-state index in [0.717, 1.165) is 26.2 Å². The quantitative estimate of drug-likeness (QED) is 0.826. The number of benzene rings is 1. The Balaban J connectivity index is 1.59. The standard InChI is InChI=1S/C17H23N3S/c1-2-9-18-11-16-12-19-17(21-16)20-10-8-15(13-20)14-6-4-3-5-7-14/h3-7,12,15,18H,2,8-11,13H2,1H3. The first-order valence-electron chi connectivity index (χ1n) is 7.82. The number of nitrogens with one attached hydrogen (secondary N) is 1. The van der Waals surface area contributed by atoms with Gasteiger partial charge in [-0.1, -0.05) is 37.3 Å². The van der Waals surface area contributed by atoms with Crippen molar-refractivity contribution in [2.24, 2.45) is 0 Å². The molecule has 21 heavy (non-hydrogen) atoms. The summed E-state index contributed by atoms with van der Waals surface area (Å²) in [5, 5.41) is 4.62. The van der Waals surface area contributed by atoms with Gasteiger partial charge in [0.2, 0.25) is 0 Å². The van der Waals surface area contributed by atoms with E-state index in [9.17, 15) is 0 Å². The SMILES string of the molecule is CCCNCc1cnc(N2CCC(c3ccccc3)C2)s1. The van der Waals surface area contributed by atoms with Crippen LogP contribution in [0.2, 0.25) is 0 Å². The van der Waals surface area contributed by atoms with Gasteiger partial charge < -0.3 is 10.2 Å². The molecule has 3 nitrogen and oxygen atoms in total. The van der Waals surface area contributed by atoms with Crippen molar-refractivity contribution in [3.63, 3.8) is 0 Å². The van der Waals surface area contributed by atoms with Gasteiger partial charge in [0.05, 0.1) is 0 Å². The topological polar surface area (TPSA) is 28.2 Å². The van der Waals surface area contributed by atoms with Gasteiger partial charge in [0.25, 0.3) is 0 Å². The third-order valence-corrected chi connectivity index (χ3v) is 5.06. The Morgan fingerprint density at radius 2 is 2.19 bits per heavy atom. The highest BCUT2D eigenvalue weighted by atomic mass is 32.1. The smallest absolute Gasteiger partial charge is 0.185 e. The molecule has 3 rings (SSSR count). The van der Waals surface area contributed by atoms with Crippen molar-refractivity contribution >= 4 is 16.5 Å². The van der Waals surface area contributed by atoms with E-state index in [0.29, 0.717) is 5.92 Å². The van der Waals surface area contributed by atoms with Crippen molar-refractivity contribution < 1.29 is 0 Å². The van der Waals surface area contributed by atoms with Crippen molar-refractivity contribution in [1.82, 2.24) is 10.3 Å². The van der Waals surface area contributed by atoms with E-state index in [-0.39, 0.29) is 0 Å². The van der Waals surface area contributed by atoms with Crippen LogP contribution in [0.1, 0.15) is 36.1 Å². The van der Waals surface area contributed by atoms with Crippen LogP contribution >= 0.6 is 11.3 Å². The van der Waals surface area contributed by atoms with Crippen molar-refractivity contribution in [2.75, 3.05) is 24.5 Å². The normalized spacial score (nSPS) is 18.3. The Kier molecular flexibility index (Phi) is 4.88. The maximum atomic E-state index is 4.61. The molecule has 112 valence electrons. The van der Waals surface area contributed by atoms with Crippen LogP contribution in [0.4, 0.5) is 5.13 Å². The van der Waals surface area contributed by atoms with E-state index in [1.54, 1.807) is 0 Å². The second-order valence-corrected chi connectivity index (χ2v) is 6.72. The van der Waals surface area contributed by atoms with Crippen molar-refractivity contribution in [3.8, 4) is 0 Å². The highest BCUT2D eigenvalue weighted by Crippen LogP contribution is 2.32. The molecule has 1 aliphatic heterocycles. The zero-order valence-electron chi connectivity index (χ0n) is 12.6. The molecule has 0 aliphatic carbocycles. The number of hydrogen-bond donors (Lipinski definition) is 1. The molecular weight excluding hydrogens is 278 g/mol. The fourth-order valence-electron chi connectivity index (χ4n) is 2.84. The van der Waals surface area contributed by atoms with Crippen LogP contribution in [-0.4, -0.2) is 24.6 Å². The summed E-state index contributed by atoms with van der Waals surface area (Å²) in [4.78, 5) is 8.38. The maximum Gasteiger partial charge on any atom is 0.185 e. The predicted octanol–water partition coefficient (Wildman–Crippen LogP) is 3.64. The summed E-state index contributed by atoms with van der Waals surface area (Å²) in [5.41, 5.74) is 1.46. The fourth-order valence-corrected chi connectivity index (χ4v) is 3.76. The number of rotatable bonds is 6. The van der Waals surface area contributed by atoms with E-state index in [1.165, 1.54) is 28.4 Å². The molecule has 1 N–H and O–H groups in total.